The molecule has 0 aromatic carbocycles. The van der Waals surface area contributed by atoms with Crippen LogP contribution in [0.1, 0.15) is 66.7 Å². The van der Waals surface area contributed by atoms with Gasteiger partial charge in [0.25, 0.3) is 0 Å². The van der Waals surface area contributed by atoms with E-state index in [-0.39, 0.29) is 0 Å². The summed E-state index contributed by atoms with van der Waals surface area (Å²) in [6, 6.07) is 0.496. The Morgan fingerprint density at radius 2 is 1.92 bits per heavy atom. The van der Waals surface area contributed by atoms with E-state index < -0.39 is 0 Å². The molecule has 0 amide bonds. The highest BCUT2D eigenvalue weighted by Crippen LogP contribution is 2.29. The molecule has 0 heterocycles. The van der Waals surface area contributed by atoms with Crippen molar-refractivity contribution in [3.8, 4) is 0 Å². The minimum Gasteiger partial charge on any atom is -0.385 e. The Balaban J connectivity index is 0.00000277. The van der Waals surface area contributed by atoms with Crippen molar-refractivity contribution in [2.75, 3.05) is 13.1 Å². The Labute approximate surface area is 161 Å². The highest BCUT2D eigenvalue weighted by atomic mass is 32.2. The summed E-state index contributed by atoms with van der Waals surface area (Å²) in [5.41, 5.74) is 1.08. The molecule has 25 heavy (non-hydrogen) atoms. The van der Waals surface area contributed by atoms with Gasteiger partial charge in [-0.1, -0.05) is 71.4 Å². The number of likely N-dealkylation sites (N-methyl/N-ethyl adjacent to an activating group) is 1. The molecular formula is C22H40N2S. The van der Waals surface area contributed by atoms with Crippen molar-refractivity contribution in [2.24, 2.45) is 5.92 Å². The van der Waals surface area contributed by atoms with Gasteiger partial charge in [-0.05, 0) is 50.6 Å². The second-order valence-corrected chi connectivity index (χ2v) is 7.48. The molecule has 0 aromatic rings. The third kappa shape index (κ3) is 10.6. The lowest BCUT2D eigenvalue weighted by Gasteiger charge is -2.35. The van der Waals surface area contributed by atoms with E-state index in [1.54, 1.807) is 0 Å². The maximum atomic E-state index is 4.07. The first kappa shape index (κ1) is 24.1. The summed E-state index contributed by atoms with van der Waals surface area (Å²) < 4.78 is 2.45. The summed E-state index contributed by atoms with van der Waals surface area (Å²) in [6.45, 7) is 20.3. The highest BCUT2D eigenvalue weighted by Gasteiger charge is 2.25. The molecule has 1 fully saturated rings. The van der Waals surface area contributed by atoms with Crippen molar-refractivity contribution in [2.45, 2.75) is 72.8 Å². The van der Waals surface area contributed by atoms with Crippen molar-refractivity contribution < 1.29 is 0 Å². The van der Waals surface area contributed by atoms with Crippen LogP contribution < -0.4 is 5.32 Å². The third-order valence-electron chi connectivity index (χ3n) is 4.25. The molecule has 0 spiro atoms. The molecule has 0 aliphatic heterocycles. The smallest absolute Gasteiger partial charge is 0.0422 e. The van der Waals surface area contributed by atoms with Crippen molar-refractivity contribution in [1.29, 1.82) is 0 Å². The van der Waals surface area contributed by atoms with Gasteiger partial charge in [-0.25, -0.2) is 4.31 Å². The van der Waals surface area contributed by atoms with Gasteiger partial charge in [0.15, 0.2) is 0 Å². The zero-order valence-corrected chi connectivity index (χ0v) is 18.0. The van der Waals surface area contributed by atoms with Gasteiger partial charge in [0.05, 0.1) is 0 Å². The Kier molecular flexibility index (Phi) is 14.8. The van der Waals surface area contributed by atoms with E-state index in [2.05, 4.69) is 61.8 Å². The monoisotopic (exact) mass is 364 g/mol. The largest absolute Gasteiger partial charge is 0.385 e. The average Bonchev–Trinajstić information content (AvgIpc) is 2.63. The lowest BCUT2D eigenvalue weighted by Crippen LogP contribution is -2.43. The Morgan fingerprint density at radius 3 is 2.40 bits per heavy atom. The number of hydrogen-bond donors (Lipinski definition) is 1. The molecule has 1 atom stereocenters. The van der Waals surface area contributed by atoms with Crippen LogP contribution in [0.15, 0.2) is 48.1 Å². The average molecular weight is 365 g/mol. The van der Waals surface area contributed by atoms with Crippen LogP contribution in [0.5, 0.6) is 0 Å². The number of nitrogens with zero attached hydrogens (tertiary/aromatic N) is 1. The summed E-state index contributed by atoms with van der Waals surface area (Å²) >= 11 is 1.83. The molecular weight excluding hydrogens is 324 g/mol. The minimum absolute atomic E-state index is 0.496. The van der Waals surface area contributed by atoms with Crippen LogP contribution in [0, 0.1) is 5.92 Å². The van der Waals surface area contributed by atoms with Crippen LogP contribution in [0.25, 0.3) is 0 Å². The van der Waals surface area contributed by atoms with Gasteiger partial charge in [0.1, 0.15) is 0 Å². The van der Waals surface area contributed by atoms with Crippen molar-refractivity contribution >= 4 is 11.9 Å². The minimum atomic E-state index is 0.496. The quantitative estimate of drug-likeness (QED) is 0.343. The van der Waals surface area contributed by atoms with E-state index in [4.69, 9.17) is 0 Å². The first-order chi connectivity index (χ1) is 12.1. The summed E-state index contributed by atoms with van der Waals surface area (Å²) in [6.07, 6.45) is 15.0. The molecule has 1 N–H and O–H groups in total. The van der Waals surface area contributed by atoms with E-state index in [0.29, 0.717) is 6.04 Å². The Morgan fingerprint density at radius 1 is 1.28 bits per heavy atom. The van der Waals surface area contributed by atoms with Crippen LogP contribution >= 0.6 is 11.9 Å². The molecule has 1 aliphatic rings. The van der Waals surface area contributed by atoms with Crippen molar-refractivity contribution in [1.82, 2.24) is 9.62 Å². The lowest BCUT2D eigenvalue weighted by molar-refractivity contribution is 0.251. The number of rotatable bonds is 10. The Hall–Kier alpha value is -0.930. The Bertz CT molecular complexity index is 420. The summed E-state index contributed by atoms with van der Waals surface area (Å²) in [5.74, 6) is 0.767. The van der Waals surface area contributed by atoms with Crippen LogP contribution in [0.3, 0.4) is 0 Å². The van der Waals surface area contributed by atoms with Gasteiger partial charge >= 0.3 is 0 Å². The maximum absolute atomic E-state index is 4.07. The molecule has 0 saturated heterocycles. The van der Waals surface area contributed by atoms with Crippen LogP contribution in [0.2, 0.25) is 0 Å². The predicted octanol–water partition coefficient (Wildman–Crippen LogP) is 6.70. The molecule has 0 aromatic heterocycles. The first-order valence-electron chi connectivity index (χ1n) is 9.91. The van der Waals surface area contributed by atoms with Gasteiger partial charge in [0, 0.05) is 29.7 Å². The molecule has 1 unspecified atom stereocenters. The zero-order valence-electron chi connectivity index (χ0n) is 17.2. The fourth-order valence-corrected chi connectivity index (χ4v) is 4.18. The lowest BCUT2D eigenvalue weighted by atomic mass is 9.83. The fourth-order valence-electron chi connectivity index (χ4n) is 3.16. The zero-order chi connectivity index (χ0) is 19.1. The topological polar surface area (TPSA) is 15.3 Å². The molecule has 3 heteroatoms. The first-order valence-corrected chi connectivity index (χ1v) is 10.7. The number of nitrogens with one attached hydrogen (secondary N) is 1. The van der Waals surface area contributed by atoms with E-state index >= 15 is 0 Å². The molecule has 1 saturated carbocycles. The van der Waals surface area contributed by atoms with Crippen LogP contribution in [-0.2, 0) is 0 Å². The van der Waals surface area contributed by atoms with E-state index in [9.17, 15) is 0 Å². The van der Waals surface area contributed by atoms with Crippen LogP contribution in [0.4, 0.5) is 0 Å². The number of hydrogen-bond acceptors (Lipinski definition) is 3. The molecule has 0 bridgehead atoms. The van der Waals surface area contributed by atoms with Crippen molar-refractivity contribution in [3.63, 3.8) is 0 Å². The normalized spacial score (nSPS) is 17.1. The fraction of sp³-hybridized carbons (Fsp3) is 0.636. The van der Waals surface area contributed by atoms with Gasteiger partial charge < -0.3 is 5.32 Å². The van der Waals surface area contributed by atoms with Crippen LogP contribution in [-0.4, -0.2) is 23.4 Å². The maximum Gasteiger partial charge on any atom is 0.0422 e. The molecule has 1 aliphatic carbocycles. The molecule has 144 valence electrons. The van der Waals surface area contributed by atoms with E-state index in [1.807, 2.05) is 31.9 Å². The SMILES string of the molecule is C=C/C=C(\C=C/C)SN(CC)CC(NC(=C)C)C1CCCCC1.CC. The molecule has 1 rings (SSSR count). The van der Waals surface area contributed by atoms with E-state index in [1.165, 1.54) is 37.0 Å². The second kappa shape index (κ2) is 15.3. The second-order valence-electron chi connectivity index (χ2n) is 6.31. The third-order valence-corrected chi connectivity index (χ3v) is 5.40. The summed E-state index contributed by atoms with van der Waals surface area (Å²) in [5, 5.41) is 3.64. The van der Waals surface area contributed by atoms with Gasteiger partial charge in [-0.3, -0.25) is 0 Å². The highest BCUT2D eigenvalue weighted by molar-refractivity contribution is 8.01. The van der Waals surface area contributed by atoms with Gasteiger partial charge in [-0.2, -0.15) is 0 Å². The molecule has 2 nitrogen and oxygen atoms in total. The van der Waals surface area contributed by atoms with E-state index in [0.717, 1.165) is 24.7 Å². The predicted molar refractivity (Wildman–Crippen MR) is 118 cm³/mol. The van der Waals surface area contributed by atoms with Gasteiger partial charge in [-0.15, -0.1) is 0 Å². The number of allylic oxidation sites excluding steroid dienone is 5. The molecule has 0 radical (unpaired) electrons. The summed E-state index contributed by atoms with van der Waals surface area (Å²) in [4.78, 5) is 1.24. The van der Waals surface area contributed by atoms with Crippen molar-refractivity contribution in [3.05, 3.63) is 48.1 Å². The van der Waals surface area contributed by atoms with Gasteiger partial charge in [0.2, 0.25) is 0 Å². The standard InChI is InChI=1S/C20H34N2S.C2H6/c1-6-12-19(13-7-2)23-22(8-3)16-20(21-17(4)5)18-14-10-9-11-15-18;1-2/h6-7,12-13,18,20-21H,1,4,8-11,14-16H2,2-3,5H3;1-2H3/b13-7-,19-12+;. The summed E-state index contributed by atoms with van der Waals surface area (Å²) in [7, 11) is 0.